The maximum atomic E-state index is 12.2. The second-order valence-electron chi connectivity index (χ2n) is 5.28. The van der Waals surface area contributed by atoms with Crippen molar-refractivity contribution in [2.45, 2.75) is 12.5 Å². The first kappa shape index (κ1) is 17.2. The molecule has 1 aliphatic rings. The second-order valence-corrected chi connectivity index (χ2v) is 7.51. The zero-order valence-corrected chi connectivity index (χ0v) is 13.3. The molecule has 0 aromatic carbocycles. The Bertz CT molecular complexity index is 411. The minimum atomic E-state index is -3.00. The van der Waals surface area contributed by atoms with Crippen molar-refractivity contribution in [1.82, 2.24) is 15.1 Å². The Hall–Kier alpha value is -0.860. The van der Waals surface area contributed by atoms with Gasteiger partial charge in [0.15, 0.2) is 9.84 Å². The lowest BCUT2D eigenvalue weighted by Crippen LogP contribution is -2.49. The van der Waals surface area contributed by atoms with Gasteiger partial charge in [0.05, 0.1) is 18.1 Å². The van der Waals surface area contributed by atoms with Gasteiger partial charge in [-0.2, -0.15) is 0 Å². The summed E-state index contributed by atoms with van der Waals surface area (Å²) in [5.74, 6) is 0.236. The zero-order valence-electron chi connectivity index (χ0n) is 12.5. The van der Waals surface area contributed by atoms with E-state index in [0.717, 1.165) is 0 Å². The van der Waals surface area contributed by atoms with Gasteiger partial charge in [-0.25, -0.2) is 13.2 Å². The summed E-state index contributed by atoms with van der Waals surface area (Å²) in [6.45, 7) is 2.09. The van der Waals surface area contributed by atoms with Gasteiger partial charge in [0.1, 0.15) is 0 Å². The molecule has 7 nitrogen and oxygen atoms in total. The number of likely N-dealkylation sites (N-methyl/N-ethyl adjacent to an activating group) is 1. The highest BCUT2D eigenvalue weighted by Crippen LogP contribution is 2.17. The molecule has 0 bridgehead atoms. The highest BCUT2D eigenvalue weighted by Gasteiger charge is 2.34. The summed E-state index contributed by atoms with van der Waals surface area (Å²) in [6, 6.07) is -0.437. The van der Waals surface area contributed by atoms with E-state index >= 15 is 0 Å². The van der Waals surface area contributed by atoms with Crippen LogP contribution >= 0.6 is 0 Å². The van der Waals surface area contributed by atoms with Gasteiger partial charge in [0.2, 0.25) is 0 Å². The number of ether oxygens (including phenoxy) is 1. The molecule has 1 unspecified atom stereocenters. The summed E-state index contributed by atoms with van der Waals surface area (Å²) in [5, 5.41) is 2.76. The fourth-order valence-electron chi connectivity index (χ4n) is 2.14. The molecule has 1 saturated heterocycles. The van der Waals surface area contributed by atoms with E-state index in [-0.39, 0.29) is 23.6 Å². The summed E-state index contributed by atoms with van der Waals surface area (Å²) in [6.07, 6.45) is 0.521. The first-order chi connectivity index (χ1) is 9.35. The van der Waals surface area contributed by atoms with Crippen LogP contribution in [0.4, 0.5) is 4.79 Å². The third kappa shape index (κ3) is 5.64. The fourth-order valence-corrected chi connectivity index (χ4v) is 3.87. The van der Waals surface area contributed by atoms with E-state index in [4.69, 9.17) is 4.74 Å². The first-order valence-electron chi connectivity index (χ1n) is 6.74. The number of rotatable bonds is 7. The minimum absolute atomic E-state index is 0.0676. The van der Waals surface area contributed by atoms with Crippen LogP contribution in [0, 0.1) is 0 Å². The summed E-state index contributed by atoms with van der Waals surface area (Å²) >= 11 is 0. The van der Waals surface area contributed by atoms with Crippen molar-refractivity contribution in [2.75, 3.05) is 59.0 Å². The topological polar surface area (TPSA) is 79.0 Å². The minimum Gasteiger partial charge on any atom is -0.383 e. The average molecular weight is 307 g/mol. The molecular weight excluding hydrogens is 282 g/mol. The van der Waals surface area contributed by atoms with Crippen molar-refractivity contribution in [3.63, 3.8) is 0 Å². The van der Waals surface area contributed by atoms with Gasteiger partial charge in [-0.15, -0.1) is 0 Å². The highest BCUT2D eigenvalue weighted by atomic mass is 32.2. The Morgan fingerprint density at radius 1 is 1.35 bits per heavy atom. The van der Waals surface area contributed by atoms with Crippen molar-refractivity contribution in [3.05, 3.63) is 0 Å². The normalized spacial score (nSPS) is 21.1. The summed E-state index contributed by atoms with van der Waals surface area (Å²) in [4.78, 5) is 15.8. The number of amides is 2. The van der Waals surface area contributed by atoms with E-state index in [0.29, 0.717) is 32.7 Å². The number of nitrogens with zero attached hydrogens (tertiary/aromatic N) is 2. The van der Waals surface area contributed by atoms with Crippen molar-refractivity contribution >= 4 is 15.9 Å². The second kappa shape index (κ2) is 7.80. The SMILES string of the molecule is COCCNC(=O)N(CCN(C)C)C1CCS(=O)(=O)C1. The van der Waals surface area contributed by atoms with Gasteiger partial charge in [0.25, 0.3) is 0 Å². The molecule has 1 N–H and O–H groups in total. The molecule has 1 atom stereocenters. The summed E-state index contributed by atoms with van der Waals surface area (Å²) in [5.41, 5.74) is 0. The van der Waals surface area contributed by atoms with E-state index in [1.807, 2.05) is 19.0 Å². The molecule has 118 valence electrons. The van der Waals surface area contributed by atoms with Gasteiger partial charge in [0, 0.05) is 32.8 Å². The van der Waals surface area contributed by atoms with Crippen LogP contribution in [0.25, 0.3) is 0 Å². The zero-order chi connectivity index (χ0) is 15.2. The predicted octanol–water partition coefficient (Wildman–Crippen LogP) is -0.607. The molecule has 1 aliphatic heterocycles. The molecule has 1 rings (SSSR count). The predicted molar refractivity (Wildman–Crippen MR) is 77.6 cm³/mol. The number of nitrogens with one attached hydrogen (secondary N) is 1. The molecule has 0 aromatic rings. The third-order valence-electron chi connectivity index (χ3n) is 3.28. The van der Waals surface area contributed by atoms with Gasteiger partial charge >= 0.3 is 6.03 Å². The molecule has 8 heteroatoms. The number of hydrogen-bond donors (Lipinski definition) is 1. The number of urea groups is 1. The number of sulfone groups is 1. The molecule has 2 amide bonds. The number of hydrogen-bond acceptors (Lipinski definition) is 5. The molecule has 1 fully saturated rings. The standard InChI is InChI=1S/C12H25N3O4S/c1-14(2)6-7-15(12(16)13-5-8-19-3)11-4-9-20(17,18)10-11/h11H,4-10H2,1-3H3,(H,13,16). The summed E-state index contributed by atoms with van der Waals surface area (Å²) < 4.78 is 28.0. The van der Waals surface area contributed by atoms with E-state index in [1.54, 1.807) is 12.0 Å². The molecule has 0 saturated carbocycles. The molecule has 0 spiro atoms. The smallest absolute Gasteiger partial charge is 0.317 e. The molecule has 0 radical (unpaired) electrons. The van der Waals surface area contributed by atoms with E-state index in [1.165, 1.54) is 0 Å². The Balaban J connectivity index is 2.62. The van der Waals surface area contributed by atoms with Gasteiger partial charge in [-0.05, 0) is 20.5 Å². The van der Waals surface area contributed by atoms with Crippen LogP contribution in [0.5, 0.6) is 0 Å². The van der Waals surface area contributed by atoms with Crippen molar-refractivity contribution < 1.29 is 17.9 Å². The number of methoxy groups -OCH3 is 1. The van der Waals surface area contributed by atoms with Crippen LogP contribution in [-0.2, 0) is 14.6 Å². The lowest BCUT2D eigenvalue weighted by atomic mass is 10.2. The lowest BCUT2D eigenvalue weighted by Gasteiger charge is -2.29. The highest BCUT2D eigenvalue weighted by molar-refractivity contribution is 7.91. The molecule has 20 heavy (non-hydrogen) atoms. The van der Waals surface area contributed by atoms with Gasteiger partial charge < -0.3 is 19.9 Å². The van der Waals surface area contributed by atoms with Gasteiger partial charge in [-0.1, -0.05) is 0 Å². The van der Waals surface area contributed by atoms with Crippen molar-refractivity contribution in [3.8, 4) is 0 Å². The van der Waals surface area contributed by atoms with E-state index in [2.05, 4.69) is 5.32 Å². The van der Waals surface area contributed by atoms with E-state index < -0.39 is 9.84 Å². The van der Waals surface area contributed by atoms with Crippen LogP contribution in [0.2, 0.25) is 0 Å². The van der Waals surface area contributed by atoms with E-state index in [9.17, 15) is 13.2 Å². The number of carbonyl (C=O) groups excluding carboxylic acids is 1. The Morgan fingerprint density at radius 2 is 2.05 bits per heavy atom. The van der Waals surface area contributed by atoms with Crippen LogP contribution < -0.4 is 5.32 Å². The maximum Gasteiger partial charge on any atom is 0.317 e. The Labute approximate surface area is 121 Å². The van der Waals surface area contributed by atoms with Crippen molar-refractivity contribution in [2.24, 2.45) is 0 Å². The summed E-state index contributed by atoms with van der Waals surface area (Å²) in [7, 11) is 2.42. The average Bonchev–Trinajstić information content (AvgIpc) is 2.70. The monoisotopic (exact) mass is 307 g/mol. The quantitative estimate of drug-likeness (QED) is 0.635. The van der Waals surface area contributed by atoms with Crippen LogP contribution in [0.15, 0.2) is 0 Å². The molecule has 0 aromatic heterocycles. The van der Waals surface area contributed by atoms with Crippen LogP contribution in [-0.4, -0.2) is 89.2 Å². The Kier molecular flexibility index (Phi) is 6.70. The molecule has 1 heterocycles. The van der Waals surface area contributed by atoms with Crippen LogP contribution in [0.3, 0.4) is 0 Å². The first-order valence-corrected chi connectivity index (χ1v) is 8.56. The van der Waals surface area contributed by atoms with Crippen LogP contribution in [0.1, 0.15) is 6.42 Å². The largest absolute Gasteiger partial charge is 0.383 e. The Morgan fingerprint density at radius 3 is 2.55 bits per heavy atom. The maximum absolute atomic E-state index is 12.2. The molecular formula is C12H25N3O4S. The lowest BCUT2D eigenvalue weighted by molar-refractivity contribution is 0.163. The molecule has 0 aliphatic carbocycles. The third-order valence-corrected chi connectivity index (χ3v) is 5.03. The van der Waals surface area contributed by atoms with Crippen molar-refractivity contribution in [1.29, 1.82) is 0 Å². The fraction of sp³-hybridized carbons (Fsp3) is 0.917. The number of carbonyl (C=O) groups is 1. The van der Waals surface area contributed by atoms with Gasteiger partial charge in [-0.3, -0.25) is 0 Å².